The van der Waals surface area contributed by atoms with E-state index < -0.39 is 11.9 Å². The minimum atomic E-state index is -0.445. The molecule has 2 aromatic heterocycles. The fraction of sp³-hybridized carbons (Fsp3) is 0.200. The van der Waals surface area contributed by atoms with Crippen molar-refractivity contribution in [3.8, 4) is 11.1 Å². The van der Waals surface area contributed by atoms with Gasteiger partial charge in [-0.25, -0.2) is 9.78 Å². The van der Waals surface area contributed by atoms with E-state index in [0.717, 1.165) is 23.1 Å². The van der Waals surface area contributed by atoms with Crippen LogP contribution in [0.4, 0.5) is 5.69 Å². The molecule has 4 rings (SSSR count). The number of nitrogens with one attached hydrogen (secondary N) is 1. The standard InChI is InChI=1S/C25H23N3O4S/c1-3-11-32-25(31)18-5-4-6-19(12-18)27-21(29)13-28-15-26-23-22(24(28)30)20(14-33-23)17-9-7-16(2)8-10-17/h4-10,12,14-15H,3,11,13H2,1-2H3,(H,27,29). The van der Waals surface area contributed by atoms with E-state index in [1.54, 1.807) is 24.3 Å². The Bertz CT molecular complexity index is 1370. The van der Waals surface area contributed by atoms with E-state index >= 15 is 0 Å². The Morgan fingerprint density at radius 2 is 1.94 bits per heavy atom. The molecule has 2 heterocycles. The molecule has 0 atom stereocenters. The fourth-order valence-corrected chi connectivity index (χ4v) is 4.29. The molecule has 0 saturated heterocycles. The molecule has 0 saturated carbocycles. The third-order valence-electron chi connectivity index (χ3n) is 5.06. The van der Waals surface area contributed by atoms with Gasteiger partial charge in [0.15, 0.2) is 0 Å². The van der Waals surface area contributed by atoms with Gasteiger partial charge in [-0.2, -0.15) is 0 Å². The number of thiophene rings is 1. The Labute approximate surface area is 194 Å². The van der Waals surface area contributed by atoms with Gasteiger partial charge in [-0.05, 0) is 37.1 Å². The van der Waals surface area contributed by atoms with Gasteiger partial charge in [0.1, 0.15) is 11.4 Å². The second-order valence-corrected chi connectivity index (χ2v) is 8.50. The minimum absolute atomic E-state index is 0.199. The molecule has 0 unspecified atom stereocenters. The van der Waals surface area contributed by atoms with Crippen LogP contribution in [0.5, 0.6) is 0 Å². The number of hydrogen-bond donors (Lipinski definition) is 1. The molecule has 4 aromatic rings. The number of carbonyl (C=O) groups is 2. The van der Waals surface area contributed by atoms with Crippen LogP contribution in [0.1, 0.15) is 29.3 Å². The van der Waals surface area contributed by atoms with Crippen molar-refractivity contribution in [3.05, 3.63) is 81.7 Å². The van der Waals surface area contributed by atoms with Gasteiger partial charge in [-0.1, -0.05) is 42.8 Å². The highest BCUT2D eigenvalue weighted by molar-refractivity contribution is 7.17. The predicted molar refractivity (Wildman–Crippen MR) is 130 cm³/mol. The first kappa shape index (κ1) is 22.4. The summed E-state index contributed by atoms with van der Waals surface area (Å²) in [4.78, 5) is 42.9. The lowest BCUT2D eigenvalue weighted by molar-refractivity contribution is -0.116. The van der Waals surface area contributed by atoms with Crippen molar-refractivity contribution in [3.63, 3.8) is 0 Å². The number of esters is 1. The summed E-state index contributed by atoms with van der Waals surface area (Å²) in [6, 6.07) is 14.4. The summed E-state index contributed by atoms with van der Waals surface area (Å²) in [6.07, 6.45) is 2.11. The van der Waals surface area contributed by atoms with E-state index in [4.69, 9.17) is 4.74 Å². The van der Waals surface area contributed by atoms with Gasteiger partial charge in [0.05, 0.1) is 23.9 Å². The van der Waals surface area contributed by atoms with Crippen molar-refractivity contribution >= 4 is 39.1 Å². The van der Waals surface area contributed by atoms with Crippen molar-refractivity contribution in [2.24, 2.45) is 0 Å². The first-order chi connectivity index (χ1) is 16.0. The third kappa shape index (κ3) is 5.01. The average Bonchev–Trinajstić information content (AvgIpc) is 3.25. The summed E-state index contributed by atoms with van der Waals surface area (Å²) in [6.45, 7) is 4.06. The Kier molecular flexibility index (Phi) is 6.65. The van der Waals surface area contributed by atoms with Crippen LogP contribution >= 0.6 is 11.3 Å². The number of ether oxygens (including phenoxy) is 1. The van der Waals surface area contributed by atoms with Crippen LogP contribution in [0.15, 0.2) is 65.0 Å². The number of amides is 1. The molecule has 0 spiro atoms. The van der Waals surface area contributed by atoms with Crippen LogP contribution in [0, 0.1) is 6.92 Å². The lowest BCUT2D eigenvalue weighted by Crippen LogP contribution is -2.27. The van der Waals surface area contributed by atoms with Crippen LogP contribution < -0.4 is 10.9 Å². The highest BCUT2D eigenvalue weighted by Gasteiger charge is 2.15. The Hall–Kier alpha value is -3.78. The molecular formula is C25H23N3O4S. The van der Waals surface area contributed by atoms with Gasteiger partial charge in [-0.15, -0.1) is 11.3 Å². The molecular weight excluding hydrogens is 438 g/mol. The molecule has 168 valence electrons. The number of carbonyl (C=O) groups excluding carboxylic acids is 2. The number of benzene rings is 2. The summed E-state index contributed by atoms with van der Waals surface area (Å²) >= 11 is 1.40. The molecule has 0 aliphatic rings. The van der Waals surface area contributed by atoms with E-state index in [2.05, 4.69) is 10.3 Å². The number of nitrogens with zero attached hydrogens (tertiary/aromatic N) is 2. The Morgan fingerprint density at radius 1 is 1.15 bits per heavy atom. The van der Waals surface area contributed by atoms with E-state index in [1.807, 2.05) is 43.5 Å². The van der Waals surface area contributed by atoms with Gasteiger partial charge in [-0.3, -0.25) is 14.2 Å². The average molecular weight is 462 g/mol. The smallest absolute Gasteiger partial charge is 0.338 e. The van der Waals surface area contributed by atoms with Gasteiger partial charge < -0.3 is 10.1 Å². The first-order valence-electron chi connectivity index (χ1n) is 10.6. The Morgan fingerprint density at radius 3 is 2.70 bits per heavy atom. The number of fused-ring (bicyclic) bond motifs is 1. The summed E-state index contributed by atoms with van der Waals surface area (Å²) < 4.78 is 6.42. The molecule has 0 aliphatic carbocycles. The molecule has 0 aliphatic heterocycles. The van der Waals surface area contributed by atoms with Gasteiger partial charge >= 0.3 is 5.97 Å². The molecule has 1 N–H and O–H groups in total. The third-order valence-corrected chi connectivity index (χ3v) is 5.94. The van der Waals surface area contributed by atoms with Crippen molar-refractivity contribution in [2.45, 2.75) is 26.8 Å². The van der Waals surface area contributed by atoms with E-state index in [9.17, 15) is 14.4 Å². The lowest BCUT2D eigenvalue weighted by atomic mass is 10.1. The second-order valence-electron chi connectivity index (χ2n) is 7.64. The molecule has 0 fully saturated rings. The van der Waals surface area contributed by atoms with E-state index in [-0.39, 0.29) is 12.1 Å². The van der Waals surface area contributed by atoms with Crippen molar-refractivity contribution in [2.75, 3.05) is 11.9 Å². The lowest BCUT2D eigenvalue weighted by Gasteiger charge is -2.09. The minimum Gasteiger partial charge on any atom is -0.462 e. The van der Waals surface area contributed by atoms with E-state index in [0.29, 0.717) is 28.1 Å². The highest BCUT2D eigenvalue weighted by atomic mass is 32.1. The topological polar surface area (TPSA) is 90.3 Å². The SMILES string of the molecule is CCCOC(=O)c1cccc(NC(=O)Cn2cnc3scc(-c4ccc(C)cc4)c3c2=O)c1. The number of aromatic nitrogens is 2. The number of rotatable bonds is 7. The summed E-state index contributed by atoms with van der Waals surface area (Å²) in [5.41, 5.74) is 3.39. The van der Waals surface area contributed by atoms with Gasteiger partial charge in [0.2, 0.25) is 5.91 Å². The molecule has 7 nitrogen and oxygen atoms in total. The van der Waals surface area contributed by atoms with Gasteiger partial charge in [0, 0.05) is 16.6 Å². The summed E-state index contributed by atoms with van der Waals surface area (Å²) in [5, 5.41) is 5.15. The van der Waals surface area contributed by atoms with E-state index in [1.165, 1.54) is 22.2 Å². The largest absolute Gasteiger partial charge is 0.462 e. The van der Waals surface area contributed by atoms with Crippen LogP contribution in [0.2, 0.25) is 0 Å². The zero-order chi connectivity index (χ0) is 23.4. The fourth-order valence-electron chi connectivity index (χ4n) is 3.38. The molecule has 1 amide bonds. The van der Waals surface area contributed by atoms with Crippen LogP contribution in [0.25, 0.3) is 21.3 Å². The molecule has 0 radical (unpaired) electrons. The van der Waals surface area contributed by atoms with Crippen LogP contribution in [-0.2, 0) is 16.1 Å². The quantitative estimate of drug-likeness (QED) is 0.405. The molecule has 0 bridgehead atoms. The number of aryl methyl sites for hydroxylation is 1. The maximum Gasteiger partial charge on any atom is 0.338 e. The van der Waals surface area contributed by atoms with Crippen LogP contribution in [-0.4, -0.2) is 28.0 Å². The van der Waals surface area contributed by atoms with Crippen molar-refractivity contribution in [1.29, 1.82) is 0 Å². The van der Waals surface area contributed by atoms with Crippen LogP contribution in [0.3, 0.4) is 0 Å². The van der Waals surface area contributed by atoms with Crippen molar-refractivity contribution in [1.82, 2.24) is 9.55 Å². The zero-order valence-electron chi connectivity index (χ0n) is 18.3. The molecule has 8 heteroatoms. The van der Waals surface area contributed by atoms with Gasteiger partial charge in [0.25, 0.3) is 5.56 Å². The number of anilines is 1. The zero-order valence-corrected chi connectivity index (χ0v) is 19.1. The Balaban J connectivity index is 1.55. The van der Waals surface area contributed by atoms with Crippen molar-refractivity contribution < 1.29 is 14.3 Å². The maximum absolute atomic E-state index is 13.2. The maximum atomic E-state index is 13.2. The highest BCUT2D eigenvalue weighted by Crippen LogP contribution is 2.30. The molecule has 2 aromatic carbocycles. The number of hydrogen-bond acceptors (Lipinski definition) is 6. The second kappa shape index (κ2) is 9.79. The molecule has 33 heavy (non-hydrogen) atoms. The summed E-state index contributed by atoms with van der Waals surface area (Å²) in [7, 11) is 0. The summed E-state index contributed by atoms with van der Waals surface area (Å²) in [5.74, 6) is -0.843. The first-order valence-corrected chi connectivity index (χ1v) is 11.4. The predicted octanol–water partition coefficient (Wildman–Crippen LogP) is 4.64. The monoisotopic (exact) mass is 461 g/mol. The normalized spacial score (nSPS) is 10.8.